The molecule has 1 aromatic carbocycles. The molecule has 1 aliphatic rings. The first-order chi connectivity index (χ1) is 9.65. The average molecular weight is 278 g/mol. The Bertz CT molecular complexity index is 388. The number of hydrogen-bond acceptors (Lipinski definition) is 4. The summed E-state index contributed by atoms with van der Waals surface area (Å²) in [5.41, 5.74) is 2.53. The molecule has 112 valence electrons. The van der Waals surface area contributed by atoms with Crippen molar-refractivity contribution in [3.63, 3.8) is 0 Å². The van der Waals surface area contributed by atoms with Gasteiger partial charge in [0.15, 0.2) is 0 Å². The van der Waals surface area contributed by atoms with E-state index in [0.717, 1.165) is 32.8 Å². The number of ether oxygens (including phenoxy) is 1. The second-order valence-corrected chi connectivity index (χ2v) is 5.61. The second-order valence-electron chi connectivity index (χ2n) is 5.61. The van der Waals surface area contributed by atoms with E-state index in [1.807, 2.05) is 0 Å². The monoisotopic (exact) mass is 278 g/mol. The van der Waals surface area contributed by atoms with Gasteiger partial charge in [-0.25, -0.2) is 0 Å². The van der Waals surface area contributed by atoms with Gasteiger partial charge < -0.3 is 15.2 Å². The van der Waals surface area contributed by atoms with Gasteiger partial charge in [0, 0.05) is 32.2 Å². The highest BCUT2D eigenvalue weighted by atomic mass is 16.5. The van der Waals surface area contributed by atoms with Gasteiger partial charge in [0.05, 0.1) is 19.3 Å². The molecule has 2 atom stereocenters. The smallest absolute Gasteiger partial charge is 0.0791 e. The van der Waals surface area contributed by atoms with Crippen LogP contribution in [0.4, 0.5) is 0 Å². The van der Waals surface area contributed by atoms with E-state index < -0.39 is 0 Å². The summed E-state index contributed by atoms with van der Waals surface area (Å²) in [6.07, 6.45) is -0.332. The predicted octanol–water partition coefficient (Wildman–Crippen LogP) is 1.34. The number of morpholine rings is 1. The number of hydrogen-bond donors (Lipinski definition) is 2. The fraction of sp³-hybridized carbons (Fsp3) is 0.625. The van der Waals surface area contributed by atoms with Gasteiger partial charge in [-0.05, 0) is 19.4 Å². The van der Waals surface area contributed by atoms with E-state index in [2.05, 4.69) is 48.3 Å². The number of nitrogens with zero attached hydrogens (tertiary/aromatic N) is 1. The van der Waals surface area contributed by atoms with Gasteiger partial charge in [0.1, 0.15) is 0 Å². The number of nitrogens with one attached hydrogen (secondary N) is 1. The maximum absolute atomic E-state index is 10.1. The number of benzene rings is 1. The lowest BCUT2D eigenvalue weighted by Gasteiger charge is -2.29. The highest BCUT2D eigenvalue weighted by Crippen LogP contribution is 2.12. The van der Waals surface area contributed by atoms with Crippen LogP contribution < -0.4 is 5.32 Å². The summed E-state index contributed by atoms with van der Waals surface area (Å²) in [4.78, 5) is 2.26. The van der Waals surface area contributed by atoms with E-state index in [1.54, 1.807) is 0 Å². The molecule has 0 spiro atoms. The molecule has 2 rings (SSSR count). The van der Waals surface area contributed by atoms with Crippen LogP contribution in [0.1, 0.15) is 24.1 Å². The molecule has 0 bridgehead atoms. The summed E-state index contributed by atoms with van der Waals surface area (Å²) in [5.74, 6) is 0. The first kappa shape index (κ1) is 15.4. The molecule has 4 heteroatoms. The van der Waals surface area contributed by atoms with Crippen molar-refractivity contribution in [1.29, 1.82) is 0 Å². The van der Waals surface area contributed by atoms with Crippen molar-refractivity contribution in [3.8, 4) is 0 Å². The van der Waals surface area contributed by atoms with Crippen LogP contribution in [0.3, 0.4) is 0 Å². The molecule has 20 heavy (non-hydrogen) atoms. The SMILES string of the molecule is Cc1ccc([C@H](C)NCC(O)CN2CCOCC2)cc1. The Hall–Kier alpha value is -0.940. The largest absolute Gasteiger partial charge is 0.390 e. The van der Waals surface area contributed by atoms with Crippen molar-refractivity contribution in [2.24, 2.45) is 0 Å². The van der Waals surface area contributed by atoms with Crippen LogP contribution in [0.15, 0.2) is 24.3 Å². The normalized spacial score (nSPS) is 19.8. The minimum atomic E-state index is -0.332. The molecular weight excluding hydrogens is 252 g/mol. The van der Waals surface area contributed by atoms with Gasteiger partial charge in [-0.15, -0.1) is 0 Å². The zero-order valence-corrected chi connectivity index (χ0v) is 12.5. The van der Waals surface area contributed by atoms with E-state index in [-0.39, 0.29) is 12.1 Å². The van der Waals surface area contributed by atoms with Crippen LogP contribution in [0.25, 0.3) is 0 Å². The fourth-order valence-corrected chi connectivity index (χ4v) is 2.43. The second kappa shape index (κ2) is 7.74. The highest BCUT2D eigenvalue weighted by Gasteiger charge is 2.15. The molecule has 1 heterocycles. The summed E-state index contributed by atoms with van der Waals surface area (Å²) in [5, 5.41) is 13.5. The standard InChI is InChI=1S/C16H26N2O2/c1-13-3-5-15(6-4-13)14(2)17-11-16(19)12-18-7-9-20-10-8-18/h3-6,14,16-17,19H,7-12H2,1-2H3/t14-,16?/m0/s1. The van der Waals surface area contributed by atoms with Gasteiger partial charge in [0.2, 0.25) is 0 Å². The Morgan fingerprint density at radius 1 is 1.25 bits per heavy atom. The van der Waals surface area contributed by atoms with Crippen molar-refractivity contribution in [2.75, 3.05) is 39.4 Å². The van der Waals surface area contributed by atoms with Crippen LogP contribution in [-0.4, -0.2) is 55.5 Å². The van der Waals surface area contributed by atoms with Crippen LogP contribution in [0.2, 0.25) is 0 Å². The summed E-state index contributed by atoms with van der Waals surface area (Å²) >= 11 is 0. The minimum Gasteiger partial charge on any atom is -0.390 e. The maximum atomic E-state index is 10.1. The van der Waals surface area contributed by atoms with Crippen molar-refractivity contribution < 1.29 is 9.84 Å². The summed E-state index contributed by atoms with van der Waals surface area (Å²) in [7, 11) is 0. The topological polar surface area (TPSA) is 44.7 Å². The van der Waals surface area contributed by atoms with Crippen molar-refractivity contribution in [2.45, 2.75) is 26.0 Å². The van der Waals surface area contributed by atoms with E-state index in [4.69, 9.17) is 4.74 Å². The highest BCUT2D eigenvalue weighted by molar-refractivity contribution is 5.23. The number of aliphatic hydroxyl groups is 1. The lowest BCUT2D eigenvalue weighted by atomic mass is 10.1. The molecule has 0 aliphatic carbocycles. The van der Waals surface area contributed by atoms with Gasteiger partial charge in [0.25, 0.3) is 0 Å². The van der Waals surface area contributed by atoms with Gasteiger partial charge in [-0.1, -0.05) is 29.8 Å². The van der Waals surface area contributed by atoms with Gasteiger partial charge in [-0.2, -0.15) is 0 Å². The third-order valence-electron chi connectivity index (χ3n) is 3.81. The number of aryl methyl sites for hydroxylation is 1. The summed E-state index contributed by atoms with van der Waals surface area (Å²) in [6, 6.07) is 8.79. The fourth-order valence-electron chi connectivity index (χ4n) is 2.43. The van der Waals surface area contributed by atoms with E-state index >= 15 is 0 Å². The molecule has 1 aromatic rings. The van der Waals surface area contributed by atoms with Crippen LogP contribution in [-0.2, 0) is 4.74 Å². The molecule has 0 radical (unpaired) electrons. The Morgan fingerprint density at radius 3 is 2.55 bits per heavy atom. The summed E-state index contributed by atoms with van der Waals surface area (Å²) in [6.45, 7) is 8.96. The van der Waals surface area contributed by atoms with Crippen LogP contribution in [0.5, 0.6) is 0 Å². The quantitative estimate of drug-likeness (QED) is 0.824. The van der Waals surface area contributed by atoms with Crippen LogP contribution >= 0.6 is 0 Å². The number of aliphatic hydroxyl groups excluding tert-OH is 1. The lowest BCUT2D eigenvalue weighted by Crippen LogP contribution is -2.44. The maximum Gasteiger partial charge on any atom is 0.0791 e. The Morgan fingerprint density at radius 2 is 1.90 bits per heavy atom. The number of β-amino-alcohol motifs (C(OH)–C–C–N with tert-alkyl or cyclic N) is 1. The Balaban J connectivity index is 1.71. The Labute approximate surface area is 121 Å². The van der Waals surface area contributed by atoms with Crippen LogP contribution in [0, 0.1) is 6.92 Å². The van der Waals surface area contributed by atoms with Gasteiger partial charge in [-0.3, -0.25) is 4.90 Å². The third kappa shape index (κ3) is 4.87. The molecule has 0 saturated carbocycles. The van der Waals surface area contributed by atoms with Crippen molar-refractivity contribution >= 4 is 0 Å². The lowest BCUT2D eigenvalue weighted by molar-refractivity contribution is 0.0145. The molecule has 2 N–H and O–H groups in total. The van der Waals surface area contributed by atoms with Crippen molar-refractivity contribution in [1.82, 2.24) is 10.2 Å². The molecule has 0 amide bonds. The minimum absolute atomic E-state index is 0.259. The molecular formula is C16H26N2O2. The molecule has 1 saturated heterocycles. The van der Waals surface area contributed by atoms with E-state index in [0.29, 0.717) is 6.54 Å². The molecule has 1 fully saturated rings. The van der Waals surface area contributed by atoms with Gasteiger partial charge >= 0.3 is 0 Å². The molecule has 0 aromatic heterocycles. The first-order valence-electron chi connectivity index (χ1n) is 7.43. The van der Waals surface area contributed by atoms with Crippen molar-refractivity contribution in [3.05, 3.63) is 35.4 Å². The molecule has 1 aliphatic heterocycles. The average Bonchev–Trinajstić information content (AvgIpc) is 2.46. The van der Waals surface area contributed by atoms with E-state index in [9.17, 15) is 5.11 Å². The number of rotatable bonds is 6. The zero-order chi connectivity index (χ0) is 14.4. The van der Waals surface area contributed by atoms with E-state index in [1.165, 1.54) is 11.1 Å². The summed E-state index contributed by atoms with van der Waals surface area (Å²) < 4.78 is 5.31. The predicted molar refractivity (Wildman–Crippen MR) is 80.9 cm³/mol. The Kier molecular flexibility index (Phi) is 5.98. The third-order valence-corrected chi connectivity index (χ3v) is 3.81. The molecule has 1 unspecified atom stereocenters. The first-order valence-corrected chi connectivity index (χ1v) is 7.43. The molecule has 4 nitrogen and oxygen atoms in total. The zero-order valence-electron chi connectivity index (χ0n) is 12.5.